The van der Waals surface area contributed by atoms with Crippen LogP contribution in [0.5, 0.6) is 0 Å². The normalized spacial score (nSPS) is 15.6. The zero-order valence-corrected chi connectivity index (χ0v) is 22.4. The highest BCUT2D eigenvalue weighted by Gasteiger charge is 2.29. The quantitative estimate of drug-likeness (QED) is 0.188. The highest BCUT2D eigenvalue weighted by Crippen LogP contribution is 2.24. The molecule has 5 heteroatoms. The number of benzene rings is 4. The number of hydrogen-bond acceptors (Lipinski definition) is 3. The van der Waals surface area contributed by atoms with Crippen molar-refractivity contribution in [2.75, 3.05) is 13.1 Å². The van der Waals surface area contributed by atoms with Crippen molar-refractivity contribution in [1.29, 1.82) is 0 Å². The third-order valence-electron chi connectivity index (χ3n) is 6.59. The SMILES string of the molecule is O=C1/C(=C/c2ccccc2)CN(C(=O)c2ccc(/C=C/C(=O)c3ccc(Cl)cc3)cc2)C/C1=C\c1ccccc1. The molecular weight excluding hydrogens is 518 g/mol. The number of likely N-dealkylation sites (tertiary alicyclic amines) is 1. The van der Waals surface area contributed by atoms with E-state index < -0.39 is 0 Å². The molecule has 0 N–H and O–H groups in total. The Labute approximate surface area is 238 Å². The first-order valence-electron chi connectivity index (χ1n) is 12.9. The minimum atomic E-state index is -0.168. The third-order valence-corrected chi connectivity index (χ3v) is 6.84. The van der Waals surface area contributed by atoms with E-state index in [9.17, 15) is 14.4 Å². The van der Waals surface area contributed by atoms with Gasteiger partial charge in [0.25, 0.3) is 5.91 Å². The van der Waals surface area contributed by atoms with Crippen LogP contribution in [0.25, 0.3) is 18.2 Å². The van der Waals surface area contributed by atoms with Crippen molar-refractivity contribution in [2.24, 2.45) is 0 Å². The van der Waals surface area contributed by atoms with Crippen LogP contribution in [0, 0.1) is 0 Å². The fourth-order valence-electron chi connectivity index (χ4n) is 4.49. The molecule has 1 fully saturated rings. The van der Waals surface area contributed by atoms with E-state index in [-0.39, 0.29) is 30.6 Å². The first-order chi connectivity index (χ1) is 19.5. The molecule has 1 heterocycles. The summed E-state index contributed by atoms with van der Waals surface area (Å²) >= 11 is 5.90. The number of allylic oxidation sites excluding steroid dienone is 1. The molecule has 1 amide bonds. The molecule has 0 unspecified atom stereocenters. The van der Waals surface area contributed by atoms with Crippen LogP contribution in [0.4, 0.5) is 0 Å². The number of ketones is 2. The van der Waals surface area contributed by atoms with Crippen molar-refractivity contribution in [3.63, 3.8) is 0 Å². The Hall–Kier alpha value is -4.80. The summed E-state index contributed by atoms with van der Waals surface area (Å²) in [6.45, 7) is 0.436. The fraction of sp³-hybridized carbons (Fsp3) is 0.0571. The zero-order valence-electron chi connectivity index (χ0n) is 21.7. The van der Waals surface area contributed by atoms with E-state index >= 15 is 0 Å². The van der Waals surface area contributed by atoms with E-state index in [1.807, 2.05) is 72.8 Å². The van der Waals surface area contributed by atoms with E-state index in [4.69, 9.17) is 11.6 Å². The van der Waals surface area contributed by atoms with Gasteiger partial charge in [0.1, 0.15) is 0 Å². The van der Waals surface area contributed by atoms with Gasteiger partial charge >= 0.3 is 0 Å². The molecule has 1 saturated heterocycles. The first-order valence-corrected chi connectivity index (χ1v) is 13.3. The van der Waals surface area contributed by atoms with Crippen molar-refractivity contribution in [3.05, 3.63) is 159 Å². The van der Waals surface area contributed by atoms with Crippen molar-refractivity contribution < 1.29 is 14.4 Å². The maximum atomic E-state index is 13.6. The minimum Gasteiger partial charge on any atom is -0.330 e. The summed E-state index contributed by atoms with van der Waals surface area (Å²) < 4.78 is 0. The van der Waals surface area contributed by atoms with Crippen LogP contribution >= 0.6 is 11.6 Å². The van der Waals surface area contributed by atoms with E-state index in [1.54, 1.807) is 59.5 Å². The van der Waals surface area contributed by atoms with Gasteiger partial charge in [0.05, 0.1) is 13.1 Å². The highest BCUT2D eigenvalue weighted by molar-refractivity contribution is 6.30. The Morgan fingerprint density at radius 3 is 1.65 bits per heavy atom. The van der Waals surface area contributed by atoms with E-state index in [0.29, 0.717) is 27.3 Å². The van der Waals surface area contributed by atoms with Crippen molar-refractivity contribution in [3.8, 4) is 0 Å². The maximum absolute atomic E-state index is 13.6. The topological polar surface area (TPSA) is 54.5 Å². The molecule has 0 aliphatic carbocycles. The Bertz CT molecular complexity index is 1560. The third kappa shape index (κ3) is 6.60. The molecule has 5 rings (SSSR count). The molecule has 1 aliphatic heterocycles. The van der Waals surface area contributed by atoms with Crippen molar-refractivity contribution in [1.82, 2.24) is 4.90 Å². The van der Waals surface area contributed by atoms with Crippen LogP contribution < -0.4 is 0 Å². The van der Waals surface area contributed by atoms with Crippen molar-refractivity contribution >= 4 is 47.3 Å². The van der Waals surface area contributed by atoms with E-state index in [1.165, 1.54) is 6.08 Å². The lowest BCUT2D eigenvalue weighted by atomic mass is 9.93. The number of nitrogens with zero attached hydrogens (tertiary/aromatic N) is 1. The predicted molar refractivity (Wildman–Crippen MR) is 161 cm³/mol. The van der Waals surface area contributed by atoms with Gasteiger partial charge in [-0.05, 0) is 71.3 Å². The molecular formula is C35H26ClNO3. The molecule has 196 valence electrons. The molecule has 0 radical (unpaired) electrons. The summed E-state index contributed by atoms with van der Waals surface area (Å²) in [6.07, 6.45) is 6.92. The van der Waals surface area contributed by atoms with Gasteiger partial charge in [0.2, 0.25) is 0 Å². The van der Waals surface area contributed by atoms with Crippen LogP contribution in [-0.4, -0.2) is 35.5 Å². The molecule has 0 spiro atoms. The van der Waals surface area contributed by atoms with Gasteiger partial charge in [0.15, 0.2) is 11.6 Å². The summed E-state index contributed by atoms with van der Waals surface area (Å²) in [6, 6.07) is 33.1. The summed E-state index contributed by atoms with van der Waals surface area (Å²) in [4.78, 5) is 41.1. The Morgan fingerprint density at radius 1 is 0.625 bits per heavy atom. The first kappa shape index (κ1) is 26.8. The maximum Gasteiger partial charge on any atom is 0.254 e. The molecule has 0 bridgehead atoms. The van der Waals surface area contributed by atoms with Crippen LogP contribution in [0.1, 0.15) is 37.4 Å². The number of carbonyl (C=O) groups excluding carboxylic acids is 3. The van der Waals surface area contributed by atoms with Gasteiger partial charge in [-0.1, -0.05) is 90.5 Å². The van der Waals surface area contributed by atoms with Gasteiger partial charge in [-0.15, -0.1) is 0 Å². The second kappa shape index (κ2) is 12.4. The van der Waals surface area contributed by atoms with Crippen LogP contribution in [0.15, 0.2) is 126 Å². The highest BCUT2D eigenvalue weighted by atomic mass is 35.5. The lowest BCUT2D eigenvalue weighted by molar-refractivity contribution is -0.113. The molecule has 4 nitrogen and oxygen atoms in total. The largest absolute Gasteiger partial charge is 0.330 e. The smallest absolute Gasteiger partial charge is 0.254 e. The minimum absolute atomic E-state index is 0.0532. The lowest BCUT2D eigenvalue weighted by Gasteiger charge is -2.30. The number of rotatable bonds is 6. The molecule has 0 aromatic heterocycles. The standard InChI is InChI=1S/C35H26ClNO3/c36-32-18-16-28(17-19-32)33(38)20-13-25-11-14-29(15-12-25)35(40)37-23-30(21-26-7-3-1-4-8-26)34(39)31(24-37)22-27-9-5-2-6-10-27/h1-22H,23-24H2/b20-13+,30-21+,31-22+. The second-order valence-electron chi connectivity index (χ2n) is 9.48. The monoisotopic (exact) mass is 543 g/mol. The summed E-state index contributed by atoms with van der Waals surface area (Å²) in [7, 11) is 0. The molecule has 0 saturated carbocycles. The van der Waals surface area contributed by atoms with Gasteiger partial charge in [-0.25, -0.2) is 0 Å². The number of halogens is 1. The van der Waals surface area contributed by atoms with E-state index in [0.717, 1.165) is 16.7 Å². The molecule has 0 atom stereocenters. The Kier molecular flexibility index (Phi) is 8.29. The molecule has 1 aliphatic rings. The zero-order chi connectivity index (χ0) is 27.9. The van der Waals surface area contributed by atoms with Crippen LogP contribution in [0.3, 0.4) is 0 Å². The number of hydrogen-bond donors (Lipinski definition) is 0. The summed E-state index contributed by atoms with van der Waals surface area (Å²) in [5.74, 6) is -0.356. The van der Waals surface area contributed by atoms with Gasteiger partial charge < -0.3 is 4.90 Å². The van der Waals surface area contributed by atoms with Crippen molar-refractivity contribution in [2.45, 2.75) is 0 Å². The van der Waals surface area contributed by atoms with Gasteiger partial charge in [0, 0.05) is 27.3 Å². The average Bonchev–Trinajstić information content (AvgIpc) is 2.99. The fourth-order valence-corrected chi connectivity index (χ4v) is 4.61. The average molecular weight is 544 g/mol. The number of carbonyl (C=O) groups is 3. The summed E-state index contributed by atoms with van der Waals surface area (Å²) in [5, 5.41) is 0.573. The second-order valence-corrected chi connectivity index (χ2v) is 9.91. The predicted octanol–water partition coefficient (Wildman–Crippen LogP) is 7.43. The molecule has 4 aromatic carbocycles. The van der Waals surface area contributed by atoms with Gasteiger partial charge in [-0.2, -0.15) is 0 Å². The van der Waals surface area contributed by atoms with Crippen LogP contribution in [0.2, 0.25) is 5.02 Å². The number of amides is 1. The molecule has 40 heavy (non-hydrogen) atoms. The number of Topliss-reactive ketones (excluding diaryl/α,β-unsaturated/α-hetero) is 1. The van der Waals surface area contributed by atoms with Crippen LogP contribution in [-0.2, 0) is 4.79 Å². The Morgan fingerprint density at radius 2 is 1.12 bits per heavy atom. The molecule has 4 aromatic rings. The number of piperidine rings is 1. The lowest BCUT2D eigenvalue weighted by Crippen LogP contribution is -2.41. The van der Waals surface area contributed by atoms with Gasteiger partial charge in [-0.3, -0.25) is 14.4 Å². The Balaban J connectivity index is 1.37. The van der Waals surface area contributed by atoms with E-state index in [2.05, 4.69) is 0 Å². The summed E-state index contributed by atoms with van der Waals surface area (Å²) in [5.41, 5.74) is 4.79.